The smallest absolute Gasteiger partial charge is 0.265 e. The molecule has 164 valence electrons. The van der Waals surface area contributed by atoms with Gasteiger partial charge in [0.2, 0.25) is 25.9 Å². The molecular formula is C21H14F2N2O5S2. The summed E-state index contributed by atoms with van der Waals surface area (Å²) in [6.45, 7) is 0. The SMILES string of the molecule is O=C(CSc1oc(-c2ccco2)nc1S(=O)(=O)c1ccc(F)cc1)Nc1ccc(F)cc1. The first-order chi connectivity index (χ1) is 15.3. The Morgan fingerprint density at radius 2 is 1.66 bits per heavy atom. The van der Waals surface area contributed by atoms with Crippen LogP contribution in [0.2, 0.25) is 0 Å². The summed E-state index contributed by atoms with van der Waals surface area (Å²) < 4.78 is 63.2. The van der Waals surface area contributed by atoms with Gasteiger partial charge in [-0.3, -0.25) is 4.79 Å². The maximum atomic E-state index is 13.2. The van der Waals surface area contributed by atoms with Crippen LogP contribution in [0.3, 0.4) is 0 Å². The Morgan fingerprint density at radius 3 is 2.28 bits per heavy atom. The van der Waals surface area contributed by atoms with E-state index in [4.69, 9.17) is 8.83 Å². The standard InChI is InChI=1S/C21H14F2N2O5S2/c22-13-3-7-15(8-4-13)24-18(26)12-31-21-20(25-19(30-21)17-2-1-11-29-17)32(27,28)16-9-5-14(23)6-10-16/h1-11H,12H2,(H,24,26). The number of aromatic nitrogens is 1. The van der Waals surface area contributed by atoms with Gasteiger partial charge in [0.1, 0.15) is 11.6 Å². The molecule has 0 unspecified atom stereocenters. The second-order valence-corrected chi connectivity index (χ2v) is 9.20. The third kappa shape index (κ3) is 4.73. The Morgan fingerprint density at radius 1 is 1.00 bits per heavy atom. The average molecular weight is 476 g/mol. The predicted molar refractivity (Wildman–Crippen MR) is 112 cm³/mol. The zero-order chi connectivity index (χ0) is 22.7. The number of halogens is 2. The van der Waals surface area contributed by atoms with E-state index >= 15 is 0 Å². The van der Waals surface area contributed by atoms with E-state index in [1.165, 1.54) is 36.6 Å². The summed E-state index contributed by atoms with van der Waals surface area (Å²) >= 11 is 0.810. The third-order valence-corrected chi connectivity index (χ3v) is 6.89. The van der Waals surface area contributed by atoms with Gasteiger partial charge in [-0.1, -0.05) is 11.8 Å². The topological polar surface area (TPSA) is 102 Å². The molecule has 4 aromatic rings. The second-order valence-electron chi connectivity index (χ2n) is 6.39. The van der Waals surface area contributed by atoms with Crippen LogP contribution in [0.15, 0.2) is 90.8 Å². The summed E-state index contributed by atoms with van der Waals surface area (Å²) in [6, 6.07) is 12.6. The van der Waals surface area contributed by atoms with Crippen molar-refractivity contribution in [2.45, 2.75) is 15.0 Å². The molecule has 0 aliphatic rings. The quantitative estimate of drug-likeness (QED) is 0.303. The first-order valence-corrected chi connectivity index (χ1v) is 11.5. The van der Waals surface area contributed by atoms with Crippen LogP contribution in [-0.4, -0.2) is 25.1 Å². The van der Waals surface area contributed by atoms with Gasteiger partial charge in [0.25, 0.3) is 5.89 Å². The molecule has 0 atom stereocenters. The number of carbonyl (C=O) groups is 1. The van der Waals surface area contributed by atoms with Crippen LogP contribution in [0.25, 0.3) is 11.7 Å². The zero-order valence-corrected chi connectivity index (χ0v) is 17.8. The summed E-state index contributed by atoms with van der Waals surface area (Å²) in [5.74, 6) is -1.61. The fourth-order valence-electron chi connectivity index (χ4n) is 2.65. The van der Waals surface area contributed by atoms with Crippen molar-refractivity contribution in [3.05, 3.63) is 78.6 Å². The molecule has 0 saturated carbocycles. The van der Waals surface area contributed by atoms with Crippen LogP contribution in [0.5, 0.6) is 0 Å². The highest BCUT2D eigenvalue weighted by atomic mass is 32.2. The molecule has 1 N–H and O–H groups in total. The molecule has 0 spiro atoms. The summed E-state index contributed by atoms with van der Waals surface area (Å²) in [4.78, 5) is 16.2. The van der Waals surface area contributed by atoms with E-state index in [1.54, 1.807) is 6.07 Å². The first-order valence-electron chi connectivity index (χ1n) is 9.06. The lowest BCUT2D eigenvalue weighted by atomic mass is 10.3. The Kier molecular flexibility index (Phi) is 6.10. The van der Waals surface area contributed by atoms with E-state index in [0.717, 1.165) is 36.0 Å². The summed E-state index contributed by atoms with van der Waals surface area (Å²) in [5, 5.41) is 2.02. The molecule has 7 nitrogen and oxygen atoms in total. The van der Waals surface area contributed by atoms with Gasteiger partial charge in [0.05, 0.1) is 16.9 Å². The molecule has 1 amide bonds. The number of furan rings is 1. The molecule has 0 saturated heterocycles. The number of hydrogen-bond donors (Lipinski definition) is 1. The highest BCUT2D eigenvalue weighted by Gasteiger charge is 2.29. The number of rotatable bonds is 7. The number of benzene rings is 2. The van der Waals surface area contributed by atoms with Gasteiger partial charge in [0, 0.05) is 5.69 Å². The predicted octanol–water partition coefficient (Wildman–Crippen LogP) is 4.78. The Balaban J connectivity index is 1.61. The van der Waals surface area contributed by atoms with Gasteiger partial charge < -0.3 is 14.2 Å². The maximum absolute atomic E-state index is 13.2. The first kappa shape index (κ1) is 21.8. The number of amides is 1. The van der Waals surface area contributed by atoms with Crippen LogP contribution in [-0.2, 0) is 14.6 Å². The Labute approximate surface area is 185 Å². The molecule has 2 heterocycles. The van der Waals surface area contributed by atoms with Crippen LogP contribution in [0.1, 0.15) is 0 Å². The number of carbonyl (C=O) groups excluding carboxylic acids is 1. The van der Waals surface area contributed by atoms with Crippen LogP contribution in [0.4, 0.5) is 14.5 Å². The zero-order valence-electron chi connectivity index (χ0n) is 16.1. The number of nitrogens with zero attached hydrogens (tertiary/aromatic N) is 1. The van der Waals surface area contributed by atoms with Crippen molar-refractivity contribution in [2.24, 2.45) is 0 Å². The van der Waals surface area contributed by atoms with Crippen molar-refractivity contribution in [3.8, 4) is 11.7 Å². The van der Waals surface area contributed by atoms with Gasteiger partial charge in [-0.15, -0.1) is 0 Å². The lowest BCUT2D eigenvalue weighted by molar-refractivity contribution is -0.113. The van der Waals surface area contributed by atoms with Crippen LogP contribution >= 0.6 is 11.8 Å². The largest absolute Gasteiger partial charge is 0.459 e. The minimum atomic E-state index is -4.18. The van der Waals surface area contributed by atoms with E-state index in [0.29, 0.717) is 5.69 Å². The Hall–Kier alpha value is -3.44. The van der Waals surface area contributed by atoms with Gasteiger partial charge in [0.15, 0.2) is 5.76 Å². The molecule has 4 rings (SSSR count). The van der Waals surface area contributed by atoms with Gasteiger partial charge in [-0.2, -0.15) is 4.98 Å². The number of nitrogens with one attached hydrogen (secondary N) is 1. The minimum Gasteiger partial charge on any atom is -0.459 e. The molecule has 0 fully saturated rings. The monoisotopic (exact) mass is 476 g/mol. The number of hydrogen-bond acceptors (Lipinski definition) is 7. The number of thioether (sulfide) groups is 1. The normalized spacial score (nSPS) is 11.4. The van der Waals surface area contributed by atoms with Crippen molar-refractivity contribution < 1.29 is 30.8 Å². The lowest BCUT2D eigenvalue weighted by Gasteiger charge is -2.05. The van der Waals surface area contributed by atoms with E-state index < -0.39 is 32.4 Å². The van der Waals surface area contributed by atoms with Gasteiger partial charge in [-0.05, 0) is 60.7 Å². The molecule has 0 aliphatic carbocycles. The van der Waals surface area contributed by atoms with E-state index in [2.05, 4.69) is 10.3 Å². The lowest BCUT2D eigenvalue weighted by Crippen LogP contribution is -2.14. The molecule has 0 radical (unpaired) electrons. The van der Waals surface area contributed by atoms with Crippen molar-refractivity contribution in [1.82, 2.24) is 4.98 Å². The van der Waals surface area contributed by atoms with Crippen molar-refractivity contribution >= 4 is 33.2 Å². The Bertz CT molecular complexity index is 1330. The molecule has 11 heteroatoms. The highest BCUT2D eigenvalue weighted by molar-refractivity contribution is 8.00. The maximum Gasteiger partial charge on any atom is 0.265 e. The van der Waals surface area contributed by atoms with E-state index in [1.807, 2.05) is 0 Å². The summed E-state index contributed by atoms with van der Waals surface area (Å²) in [5.41, 5.74) is 0.380. The molecule has 2 aromatic heterocycles. The summed E-state index contributed by atoms with van der Waals surface area (Å²) in [7, 11) is -4.18. The van der Waals surface area contributed by atoms with Crippen molar-refractivity contribution in [1.29, 1.82) is 0 Å². The van der Waals surface area contributed by atoms with E-state index in [-0.39, 0.29) is 27.4 Å². The minimum absolute atomic E-state index is 0.0860. The number of anilines is 1. The third-order valence-electron chi connectivity index (χ3n) is 4.14. The second kappa shape index (κ2) is 8.97. The molecule has 32 heavy (non-hydrogen) atoms. The highest BCUT2D eigenvalue weighted by Crippen LogP contribution is 2.35. The molecular weight excluding hydrogens is 462 g/mol. The average Bonchev–Trinajstić information content (AvgIpc) is 3.44. The van der Waals surface area contributed by atoms with Crippen molar-refractivity contribution in [3.63, 3.8) is 0 Å². The van der Waals surface area contributed by atoms with Crippen molar-refractivity contribution in [2.75, 3.05) is 11.1 Å². The number of oxazole rings is 1. The summed E-state index contributed by atoms with van der Waals surface area (Å²) in [6.07, 6.45) is 1.37. The van der Waals surface area contributed by atoms with Crippen LogP contribution < -0.4 is 5.32 Å². The molecule has 0 aliphatic heterocycles. The number of sulfone groups is 1. The van der Waals surface area contributed by atoms with Gasteiger partial charge >= 0.3 is 0 Å². The fraction of sp³-hybridized carbons (Fsp3) is 0.0476. The van der Waals surface area contributed by atoms with E-state index in [9.17, 15) is 22.0 Å². The molecule has 0 bridgehead atoms. The van der Waals surface area contributed by atoms with Gasteiger partial charge in [-0.25, -0.2) is 17.2 Å². The molecule has 2 aromatic carbocycles. The van der Waals surface area contributed by atoms with Crippen LogP contribution in [0, 0.1) is 11.6 Å². The fourth-order valence-corrected chi connectivity index (χ4v) is 4.97.